The zero-order valence-electron chi connectivity index (χ0n) is 11.2. The molecule has 1 aromatic carbocycles. The number of pyridine rings is 1. The van der Waals surface area contributed by atoms with Crippen LogP contribution in [0.3, 0.4) is 0 Å². The van der Waals surface area contributed by atoms with Crippen molar-refractivity contribution in [3.63, 3.8) is 0 Å². The van der Waals surface area contributed by atoms with Gasteiger partial charge < -0.3 is 14.2 Å². The van der Waals surface area contributed by atoms with Crippen LogP contribution in [0.5, 0.6) is 5.75 Å². The van der Waals surface area contributed by atoms with E-state index < -0.39 is 6.10 Å². The van der Waals surface area contributed by atoms with Crippen molar-refractivity contribution in [2.45, 2.75) is 19.6 Å². The van der Waals surface area contributed by atoms with Gasteiger partial charge in [-0.2, -0.15) is 0 Å². The molecule has 20 heavy (non-hydrogen) atoms. The lowest BCUT2D eigenvalue weighted by molar-refractivity contribution is 0.190. The number of rotatable bonds is 4. The van der Waals surface area contributed by atoms with Crippen LogP contribution in [-0.4, -0.2) is 14.5 Å². The average molecular weight is 268 g/mol. The Kier molecular flexibility index (Phi) is 3.39. The smallest absolute Gasteiger partial charge is 0.137 e. The topological polar surface area (TPSA) is 46.8 Å². The van der Waals surface area contributed by atoms with Gasteiger partial charge in [0.05, 0.1) is 11.8 Å². The van der Waals surface area contributed by atoms with Crippen molar-refractivity contribution < 1.29 is 9.84 Å². The zero-order chi connectivity index (χ0) is 13.9. The number of nitrogens with zero attached hydrogens (tertiary/aromatic N) is 2. The maximum absolute atomic E-state index is 9.72. The van der Waals surface area contributed by atoms with Crippen LogP contribution < -0.4 is 4.74 Å². The van der Waals surface area contributed by atoms with E-state index in [1.165, 1.54) is 0 Å². The summed E-state index contributed by atoms with van der Waals surface area (Å²) in [5, 5.41) is 9.72. The molecule has 0 amide bonds. The number of fused-ring (bicyclic) bond motifs is 1. The van der Waals surface area contributed by atoms with Gasteiger partial charge in [0.1, 0.15) is 18.0 Å². The lowest BCUT2D eigenvalue weighted by Crippen LogP contribution is -2.00. The molecule has 0 aliphatic carbocycles. The molecule has 1 N–H and O–H groups in total. The fraction of sp³-hybridized carbons (Fsp3) is 0.188. The van der Waals surface area contributed by atoms with E-state index in [-0.39, 0.29) is 0 Å². The van der Waals surface area contributed by atoms with Crippen LogP contribution in [0.15, 0.2) is 54.9 Å². The fourth-order valence-corrected chi connectivity index (χ4v) is 2.17. The van der Waals surface area contributed by atoms with Gasteiger partial charge in [0.2, 0.25) is 0 Å². The van der Waals surface area contributed by atoms with Crippen molar-refractivity contribution in [3.05, 3.63) is 66.1 Å². The number of aliphatic hydroxyl groups excluding tert-OH is 1. The molecule has 0 aliphatic rings. The Labute approximate surface area is 117 Å². The summed E-state index contributed by atoms with van der Waals surface area (Å²) in [6, 6.07) is 13.4. The van der Waals surface area contributed by atoms with Gasteiger partial charge in [-0.1, -0.05) is 24.3 Å². The van der Waals surface area contributed by atoms with E-state index in [1.54, 1.807) is 6.92 Å². The number of aliphatic hydroxyl groups is 1. The number of imidazole rings is 1. The minimum Gasteiger partial charge on any atom is -0.487 e. The molecule has 2 aromatic heterocycles. The molecule has 0 radical (unpaired) electrons. The Hall–Kier alpha value is -2.33. The highest BCUT2D eigenvalue weighted by molar-refractivity contribution is 5.39. The third-order valence-electron chi connectivity index (χ3n) is 3.16. The predicted molar refractivity (Wildman–Crippen MR) is 76.6 cm³/mol. The summed E-state index contributed by atoms with van der Waals surface area (Å²) in [5.74, 6) is 0.694. The number of para-hydroxylation sites is 1. The van der Waals surface area contributed by atoms with Crippen LogP contribution in [0.2, 0.25) is 0 Å². The molecule has 0 bridgehead atoms. The van der Waals surface area contributed by atoms with Crippen LogP contribution in [0, 0.1) is 0 Å². The summed E-state index contributed by atoms with van der Waals surface area (Å²) in [7, 11) is 0. The standard InChI is InChI=1S/C16H16N2O2/c1-12(19)14-6-2-3-7-15(14)20-11-13-10-18-9-5-4-8-16(18)17-13/h2-10,12,19H,11H2,1H3/t12-/m1/s1. The molecule has 1 atom stereocenters. The lowest BCUT2D eigenvalue weighted by atomic mass is 10.1. The molecule has 0 saturated heterocycles. The van der Waals surface area contributed by atoms with Crippen molar-refractivity contribution in [3.8, 4) is 5.75 Å². The summed E-state index contributed by atoms with van der Waals surface area (Å²) in [6.07, 6.45) is 3.35. The molecule has 102 valence electrons. The van der Waals surface area contributed by atoms with Gasteiger partial charge >= 0.3 is 0 Å². The van der Waals surface area contributed by atoms with Crippen molar-refractivity contribution in [1.29, 1.82) is 0 Å². The first-order chi connectivity index (χ1) is 9.74. The zero-order valence-corrected chi connectivity index (χ0v) is 11.2. The highest BCUT2D eigenvalue weighted by Gasteiger charge is 2.09. The van der Waals surface area contributed by atoms with Crippen LogP contribution >= 0.6 is 0 Å². The molecule has 4 nitrogen and oxygen atoms in total. The first kappa shape index (κ1) is 12.7. The van der Waals surface area contributed by atoms with Crippen LogP contribution in [0.1, 0.15) is 24.3 Å². The number of benzene rings is 1. The predicted octanol–water partition coefficient (Wildman–Crippen LogP) is 2.97. The fourth-order valence-electron chi connectivity index (χ4n) is 2.17. The van der Waals surface area contributed by atoms with Crippen molar-refractivity contribution in [2.24, 2.45) is 0 Å². The minimum atomic E-state index is -0.549. The van der Waals surface area contributed by atoms with E-state index in [1.807, 2.05) is 59.3 Å². The van der Waals surface area contributed by atoms with Gasteiger partial charge in [-0.3, -0.25) is 0 Å². The molecule has 0 saturated carbocycles. The van der Waals surface area contributed by atoms with E-state index in [0.717, 1.165) is 16.9 Å². The van der Waals surface area contributed by atoms with Gasteiger partial charge in [0.25, 0.3) is 0 Å². The number of ether oxygens (including phenoxy) is 1. The maximum atomic E-state index is 9.72. The molecule has 3 aromatic rings. The van der Waals surface area contributed by atoms with Crippen molar-refractivity contribution >= 4 is 5.65 Å². The Morgan fingerprint density at radius 2 is 2.00 bits per heavy atom. The van der Waals surface area contributed by atoms with Gasteiger partial charge in [-0.25, -0.2) is 4.98 Å². The van der Waals surface area contributed by atoms with Gasteiger partial charge in [-0.05, 0) is 25.1 Å². The molecular weight excluding hydrogens is 252 g/mol. The lowest BCUT2D eigenvalue weighted by Gasteiger charge is -2.12. The number of aromatic nitrogens is 2. The Bertz CT molecular complexity index is 686. The van der Waals surface area contributed by atoms with E-state index in [9.17, 15) is 5.11 Å². The largest absolute Gasteiger partial charge is 0.487 e. The second kappa shape index (κ2) is 5.35. The third-order valence-corrected chi connectivity index (χ3v) is 3.16. The monoisotopic (exact) mass is 268 g/mol. The second-order valence-corrected chi connectivity index (χ2v) is 4.70. The SMILES string of the molecule is C[C@@H](O)c1ccccc1OCc1cn2ccccc2n1. The number of hydrogen-bond acceptors (Lipinski definition) is 3. The molecule has 4 heteroatoms. The Balaban J connectivity index is 1.79. The highest BCUT2D eigenvalue weighted by atomic mass is 16.5. The highest BCUT2D eigenvalue weighted by Crippen LogP contribution is 2.25. The summed E-state index contributed by atoms with van der Waals surface area (Å²) in [5.41, 5.74) is 2.54. The van der Waals surface area contributed by atoms with Crippen LogP contribution in [-0.2, 0) is 6.61 Å². The maximum Gasteiger partial charge on any atom is 0.137 e. The average Bonchev–Trinajstić information content (AvgIpc) is 2.88. The molecule has 2 heterocycles. The first-order valence-electron chi connectivity index (χ1n) is 6.56. The Morgan fingerprint density at radius 3 is 2.80 bits per heavy atom. The van der Waals surface area contributed by atoms with Crippen LogP contribution in [0.4, 0.5) is 0 Å². The summed E-state index contributed by atoms with van der Waals surface area (Å²) in [4.78, 5) is 4.48. The van der Waals surface area contributed by atoms with Crippen LogP contribution in [0.25, 0.3) is 5.65 Å². The molecule has 0 fully saturated rings. The second-order valence-electron chi connectivity index (χ2n) is 4.70. The summed E-state index contributed by atoms with van der Waals surface area (Å²) in [6.45, 7) is 2.11. The molecular formula is C16H16N2O2. The Morgan fingerprint density at radius 1 is 1.20 bits per heavy atom. The van der Waals surface area contributed by atoms with E-state index in [2.05, 4.69) is 4.98 Å². The normalized spacial score (nSPS) is 12.5. The van der Waals surface area contributed by atoms with Gasteiger partial charge in [0.15, 0.2) is 0 Å². The summed E-state index contributed by atoms with van der Waals surface area (Å²) < 4.78 is 7.74. The summed E-state index contributed by atoms with van der Waals surface area (Å²) >= 11 is 0. The van der Waals surface area contributed by atoms with Crippen molar-refractivity contribution in [1.82, 2.24) is 9.38 Å². The van der Waals surface area contributed by atoms with Gasteiger partial charge in [-0.15, -0.1) is 0 Å². The molecule has 0 spiro atoms. The molecule has 0 aliphatic heterocycles. The first-order valence-corrected chi connectivity index (χ1v) is 6.56. The van der Waals surface area contributed by atoms with Crippen molar-refractivity contribution in [2.75, 3.05) is 0 Å². The quantitative estimate of drug-likeness (QED) is 0.791. The minimum absolute atomic E-state index is 0.380. The molecule has 3 rings (SSSR count). The van der Waals surface area contributed by atoms with Gasteiger partial charge in [0, 0.05) is 18.0 Å². The number of hydrogen-bond donors (Lipinski definition) is 1. The van der Waals surface area contributed by atoms with E-state index in [0.29, 0.717) is 12.4 Å². The third kappa shape index (κ3) is 2.51. The van der Waals surface area contributed by atoms with E-state index in [4.69, 9.17) is 4.74 Å². The molecule has 0 unspecified atom stereocenters. The van der Waals surface area contributed by atoms with E-state index >= 15 is 0 Å².